The molecule has 2 rings (SSSR count). The number of anilines is 1. The smallest absolute Gasteiger partial charge is 0.410 e. The number of hydrogen-bond donors (Lipinski definition) is 1. The summed E-state index contributed by atoms with van der Waals surface area (Å²) < 4.78 is 5.63. The second-order valence-corrected chi connectivity index (χ2v) is 8.26. The number of aryl methyl sites for hydroxylation is 1. The Morgan fingerprint density at radius 1 is 1.14 bits per heavy atom. The molecular weight excluding hydrogens is 348 g/mol. The summed E-state index contributed by atoms with van der Waals surface area (Å²) in [6, 6.07) is 16.6. The third kappa shape index (κ3) is 6.29. The summed E-state index contributed by atoms with van der Waals surface area (Å²) in [5, 5.41) is 3.53. The fourth-order valence-corrected chi connectivity index (χ4v) is 3.07. The first-order valence-corrected chi connectivity index (χ1v) is 10.1. The van der Waals surface area contributed by atoms with Gasteiger partial charge in [0.2, 0.25) is 0 Å². The molecule has 0 spiro atoms. The maximum atomic E-state index is 12.7. The minimum absolute atomic E-state index is 0.0623. The first-order valence-electron chi connectivity index (χ1n) is 10.1. The van der Waals surface area contributed by atoms with Crippen LogP contribution in [0.4, 0.5) is 10.5 Å². The molecule has 1 N–H and O–H groups in total. The lowest BCUT2D eigenvalue weighted by Gasteiger charge is -2.32. The van der Waals surface area contributed by atoms with E-state index in [1.807, 2.05) is 43.9 Å². The molecule has 0 bridgehead atoms. The van der Waals surface area contributed by atoms with E-state index < -0.39 is 5.60 Å². The van der Waals surface area contributed by atoms with Crippen molar-refractivity contribution in [3.05, 3.63) is 65.2 Å². The van der Waals surface area contributed by atoms with E-state index in [2.05, 4.69) is 56.4 Å². The summed E-state index contributed by atoms with van der Waals surface area (Å²) in [5.74, 6) is 0. The van der Waals surface area contributed by atoms with Crippen molar-refractivity contribution in [2.45, 2.75) is 66.2 Å². The fourth-order valence-electron chi connectivity index (χ4n) is 3.07. The molecule has 4 heteroatoms. The van der Waals surface area contributed by atoms with Crippen LogP contribution in [0, 0.1) is 6.92 Å². The number of rotatable bonds is 7. The highest BCUT2D eigenvalue weighted by atomic mass is 16.6. The number of nitrogens with zero attached hydrogens (tertiary/aromatic N) is 1. The van der Waals surface area contributed by atoms with Crippen LogP contribution in [-0.4, -0.2) is 23.1 Å². The standard InChI is InChI=1S/C24H34N2O2/c1-7-15-26(23(27)28-24(4,5)6)19(3)21-14-13-18(2)22(16-21)25-17-20-11-9-8-10-12-20/h8-14,16,19,25H,7,15,17H2,1-6H3/t19-/m1/s1. The van der Waals surface area contributed by atoms with Gasteiger partial charge in [-0.05, 0) is 63.8 Å². The number of nitrogens with one attached hydrogen (secondary N) is 1. The van der Waals surface area contributed by atoms with Crippen molar-refractivity contribution in [3.63, 3.8) is 0 Å². The first-order chi connectivity index (χ1) is 13.2. The molecule has 0 heterocycles. The molecule has 28 heavy (non-hydrogen) atoms. The van der Waals surface area contributed by atoms with E-state index in [9.17, 15) is 4.79 Å². The van der Waals surface area contributed by atoms with Crippen molar-refractivity contribution in [2.75, 3.05) is 11.9 Å². The van der Waals surface area contributed by atoms with E-state index >= 15 is 0 Å². The van der Waals surface area contributed by atoms with Gasteiger partial charge in [0.1, 0.15) is 5.60 Å². The molecule has 1 amide bonds. The lowest BCUT2D eigenvalue weighted by molar-refractivity contribution is 0.0173. The minimum atomic E-state index is -0.502. The highest BCUT2D eigenvalue weighted by Crippen LogP contribution is 2.27. The molecule has 4 nitrogen and oxygen atoms in total. The van der Waals surface area contributed by atoms with Crippen molar-refractivity contribution in [2.24, 2.45) is 0 Å². The molecule has 0 fully saturated rings. The Kier molecular flexibility index (Phi) is 7.50. The molecule has 0 unspecified atom stereocenters. The molecule has 0 aromatic heterocycles. The molecule has 0 saturated heterocycles. The Hall–Kier alpha value is -2.49. The van der Waals surface area contributed by atoms with E-state index in [-0.39, 0.29) is 12.1 Å². The average molecular weight is 383 g/mol. The average Bonchev–Trinajstić information content (AvgIpc) is 2.64. The third-order valence-electron chi connectivity index (χ3n) is 4.63. The zero-order chi connectivity index (χ0) is 20.7. The first kappa shape index (κ1) is 21.8. The van der Waals surface area contributed by atoms with Crippen LogP contribution in [0.25, 0.3) is 0 Å². The second-order valence-electron chi connectivity index (χ2n) is 8.26. The molecule has 0 aliphatic carbocycles. The second kappa shape index (κ2) is 9.63. The normalized spacial score (nSPS) is 12.4. The summed E-state index contributed by atoms with van der Waals surface area (Å²) in [7, 11) is 0. The molecule has 0 aliphatic heterocycles. The number of hydrogen-bond acceptors (Lipinski definition) is 3. The van der Waals surface area contributed by atoms with Gasteiger partial charge in [-0.1, -0.05) is 49.4 Å². The van der Waals surface area contributed by atoms with Gasteiger partial charge in [-0.2, -0.15) is 0 Å². The molecular formula is C24H34N2O2. The van der Waals surface area contributed by atoms with Crippen molar-refractivity contribution in [3.8, 4) is 0 Å². The van der Waals surface area contributed by atoms with Crippen LogP contribution in [-0.2, 0) is 11.3 Å². The Bertz CT molecular complexity index is 766. The Morgan fingerprint density at radius 3 is 2.43 bits per heavy atom. The molecule has 0 aliphatic rings. The molecule has 0 radical (unpaired) electrons. The molecule has 1 atom stereocenters. The van der Waals surface area contributed by atoms with E-state index in [1.54, 1.807) is 0 Å². The van der Waals surface area contributed by atoms with Crippen LogP contribution in [0.5, 0.6) is 0 Å². The van der Waals surface area contributed by atoms with Crippen LogP contribution < -0.4 is 5.32 Å². The molecule has 0 saturated carbocycles. The predicted octanol–water partition coefficient (Wildman–Crippen LogP) is 6.32. The van der Waals surface area contributed by atoms with Crippen LogP contribution in [0.1, 0.15) is 63.8 Å². The van der Waals surface area contributed by atoms with Crippen LogP contribution in [0.3, 0.4) is 0 Å². The monoisotopic (exact) mass is 382 g/mol. The van der Waals surface area contributed by atoms with Gasteiger partial charge in [0.05, 0.1) is 6.04 Å². The summed E-state index contributed by atoms with van der Waals surface area (Å²) in [6.45, 7) is 13.4. The van der Waals surface area contributed by atoms with Crippen molar-refractivity contribution < 1.29 is 9.53 Å². The molecule has 2 aromatic rings. The summed E-state index contributed by atoms with van der Waals surface area (Å²) in [4.78, 5) is 14.5. The Labute approximate surface area is 169 Å². The van der Waals surface area contributed by atoms with Gasteiger partial charge >= 0.3 is 6.09 Å². The lowest BCUT2D eigenvalue weighted by atomic mass is 10.0. The van der Waals surface area contributed by atoms with Crippen LogP contribution in [0.2, 0.25) is 0 Å². The van der Waals surface area contributed by atoms with Crippen molar-refractivity contribution >= 4 is 11.8 Å². The van der Waals surface area contributed by atoms with Crippen LogP contribution >= 0.6 is 0 Å². The number of carbonyl (C=O) groups excluding carboxylic acids is 1. The highest BCUT2D eigenvalue weighted by molar-refractivity contribution is 5.69. The number of benzene rings is 2. The van der Waals surface area contributed by atoms with E-state index in [0.717, 1.165) is 24.2 Å². The van der Waals surface area contributed by atoms with Gasteiger partial charge in [0, 0.05) is 18.8 Å². The quantitative estimate of drug-likeness (QED) is 0.609. The van der Waals surface area contributed by atoms with Gasteiger partial charge in [-0.15, -0.1) is 0 Å². The third-order valence-corrected chi connectivity index (χ3v) is 4.63. The minimum Gasteiger partial charge on any atom is -0.444 e. The summed E-state index contributed by atoms with van der Waals surface area (Å²) in [6.07, 6.45) is 0.621. The summed E-state index contributed by atoms with van der Waals surface area (Å²) >= 11 is 0. The van der Waals surface area contributed by atoms with Gasteiger partial charge < -0.3 is 15.0 Å². The van der Waals surface area contributed by atoms with Gasteiger partial charge in [-0.25, -0.2) is 4.79 Å². The van der Waals surface area contributed by atoms with Crippen LogP contribution in [0.15, 0.2) is 48.5 Å². The number of carbonyl (C=O) groups is 1. The highest BCUT2D eigenvalue weighted by Gasteiger charge is 2.26. The fraction of sp³-hybridized carbons (Fsp3) is 0.458. The lowest BCUT2D eigenvalue weighted by Crippen LogP contribution is -2.38. The molecule has 152 valence electrons. The zero-order valence-electron chi connectivity index (χ0n) is 18.1. The summed E-state index contributed by atoms with van der Waals surface area (Å²) in [5.41, 5.74) is 4.11. The molecule has 2 aromatic carbocycles. The Balaban J connectivity index is 2.18. The number of amides is 1. The van der Waals surface area contributed by atoms with E-state index in [0.29, 0.717) is 6.54 Å². The van der Waals surface area contributed by atoms with Gasteiger partial charge in [-0.3, -0.25) is 0 Å². The van der Waals surface area contributed by atoms with E-state index in [1.165, 1.54) is 11.1 Å². The van der Waals surface area contributed by atoms with Gasteiger partial charge in [0.15, 0.2) is 0 Å². The van der Waals surface area contributed by atoms with E-state index in [4.69, 9.17) is 4.74 Å². The van der Waals surface area contributed by atoms with Crippen molar-refractivity contribution in [1.29, 1.82) is 0 Å². The topological polar surface area (TPSA) is 41.6 Å². The maximum absolute atomic E-state index is 12.7. The van der Waals surface area contributed by atoms with Gasteiger partial charge in [0.25, 0.3) is 0 Å². The Morgan fingerprint density at radius 2 is 1.82 bits per heavy atom. The zero-order valence-corrected chi connectivity index (χ0v) is 18.1. The predicted molar refractivity (Wildman–Crippen MR) is 117 cm³/mol. The SMILES string of the molecule is CCCN(C(=O)OC(C)(C)C)[C@H](C)c1ccc(C)c(NCc2ccccc2)c1. The number of ether oxygens (including phenoxy) is 1. The largest absolute Gasteiger partial charge is 0.444 e. The van der Waals surface area contributed by atoms with Crippen molar-refractivity contribution in [1.82, 2.24) is 4.90 Å². The maximum Gasteiger partial charge on any atom is 0.410 e.